The van der Waals surface area contributed by atoms with Crippen molar-refractivity contribution < 1.29 is 14.4 Å². The molecular formula is C18H21I2NO4. The predicted molar refractivity (Wildman–Crippen MR) is 117 cm³/mol. The minimum absolute atomic E-state index is 0.0590. The molecule has 0 fully saturated rings. The van der Waals surface area contributed by atoms with E-state index in [2.05, 4.69) is 13.8 Å². The van der Waals surface area contributed by atoms with Gasteiger partial charge in [-0.15, -0.1) is 0 Å². The van der Waals surface area contributed by atoms with Gasteiger partial charge in [-0.05, 0) is 69.3 Å². The van der Waals surface area contributed by atoms with E-state index in [4.69, 9.17) is 9.47 Å². The first-order valence-electron chi connectivity index (χ1n) is 7.82. The van der Waals surface area contributed by atoms with E-state index in [1.165, 1.54) is 12.1 Å². The minimum Gasteiger partial charge on any atom is -0.496 e. The van der Waals surface area contributed by atoms with Gasteiger partial charge in [0.2, 0.25) is 0 Å². The fourth-order valence-corrected chi connectivity index (χ4v) is 4.05. The van der Waals surface area contributed by atoms with Gasteiger partial charge < -0.3 is 9.47 Å². The van der Waals surface area contributed by atoms with E-state index in [0.717, 1.165) is 11.3 Å². The summed E-state index contributed by atoms with van der Waals surface area (Å²) in [5.74, 6) is 2.42. The number of hydrogen-bond acceptors (Lipinski definition) is 4. The van der Waals surface area contributed by atoms with Crippen LogP contribution >= 0.6 is 45.2 Å². The van der Waals surface area contributed by atoms with Gasteiger partial charge in [-0.25, -0.2) is 0 Å². The molecule has 0 aromatic heterocycles. The molecule has 2 aromatic rings. The van der Waals surface area contributed by atoms with Gasteiger partial charge in [0.15, 0.2) is 5.75 Å². The summed E-state index contributed by atoms with van der Waals surface area (Å²) in [7, 11) is 1.64. The molecule has 25 heavy (non-hydrogen) atoms. The molecule has 0 N–H and O–H groups in total. The van der Waals surface area contributed by atoms with E-state index in [0.29, 0.717) is 24.6 Å². The van der Waals surface area contributed by atoms with E-state index < -0.39 is 4.92 Å². The van der Waals surface area contributed by atoms with Gasteiger partial charge in [0.05, 0.1) is 19.2 Å². The maximum Gasteiger partial charge on any atom is 0.271 e. The van der Waals surface area contributed by atoms with Crippen molar-refractivity contribution in [3.05, 3.63) is 53.1 Å². The second kappa shape index (κ2) is 10.1. The fraction of sp³-hybridized carbons (Fsp3) is 0.333. The van der Waals surface area contributed by atoms with Crippen LogP contribution in [0.5, 0.6) is 17.2 Å². The first-order chi connectivity index (χ1) is 11.8. The van der Waals surface area contributed by atoms with Crippen molar-refractivity contribution in [1.82, 2.24) is 0 Å². The van der Waals surface area contributed by atoms with Gasteiger partial charge in [0.25, 0.3) is 5.69 Å². The highest BCUT2D eigenvalue weighted by atomic mass is 127. The van der Waals surface area contributed by atoms with Crippen LogP contribution in [0.3, 0.4) is 0 Å². The summed E-state index contributed by atoms with van der Waals surface area (Å²) < 4.78 is 12.7. The van der Waals surface area contributed by atoms with Crippen LogP contribution in [-0.4, -0.2) is 12.0 Å². The molecule has 5 nitrogen and oxygen atoms in total. The van der Waals surface area contributed by atoms with E-state index in [-0.39, 0.29) is 5.69 Å². The summed E-state index contributed by atoms with van der Waals surface area (Å²) in [6, 6.07) is 8.65. The molecule has 0 saturated carbocycles. The Kier molecular flexibility index (Phi) is 8.91. The maximum atomic E-state index is 10.9. The van der Waals surface area contributed by atoms with Crippen LogP contribution in [0.15, 0.2) is 30.3 Å². The van der Waals surface area contributed by atoms with Crippen molar-refractivity contribution in [2.24, 2.45) is 0 Å². The molecule has 0 heterocycles. The normalized spacial score (nSPS) is 10.1. The van der Waals surface area contributed by atoms with E-state index >= 15 is 0 Å². The zero-order chi connectivity index (χ0) is 19.1. The number of benzene rings is 2. The Bertz CT molecular complexity index is 725. The molecule has 0 aliphatic rings. The summed E-state index contributed by atoms with van der Waals surface area (Å²) >= 11 is 4.10. The number of nitro groups is 1. The van der Waals surface area contributed by atoms with Crippen LogP contribution in [-0.2, 0) is 0 Å². The highest BCUT2D eigenvalue weighted by Gasteiger charge is 2.17. The van der Waals surface area contributed by atoms with Gasteiger partial charge in [-0.3, -0.25) is 10.1 Å². The van der Waals surface area contributed by atoms with Gasteiger partial charge in [-0.1, -0.05) is 27.7 Å². The van der Waals surface area contributed by atoms with Crippen LogP contribution in [0, 0.1) is 17.3 Å². The van der Waals surface area contributed by atoms with Crippen LogP contribution in [0.1, 0.15) is 39.2 Å². The van der Waals surface area contributed by atoms with Crippen LogP contribution < -0.4 is 9.47 Å². The molecule has 0 atom stereocenters. The summed E-state index contributed by atoms with van der Waals surface area (Å²) in [6.07, 6.45) is 0. The number of methoxy groups -OCH3 is 1. The van der Waals surface area contributed by atoms with Gasteiger partial charge in [0, 0.05) is 17.7 Å². The third kappa shape index (κ3) is 5.70. The fourth-order valence-electron chi connectivity index (χ4n) is 2.09. The van der Waals surface area contributed by atoms with E-state index in [9.17, 15) is 10.1 Å². The largest absolute Gasteiger partial charge is 0.496 e. The molecule has 0 aliphatic heterocycles. The average Bonchev–Trinajstić information content (AvgIpc) is 2.59. The Morgan fingerprint density at radius 2 is 1.64 bits per heavy atom. The summed E-state index contributed by atoms with van der Waals surface area (Å²) in [5.41, 5.74) is 1.11. The second-order valence-corrected chi connectivity index (χ2v) is 7.48. The lowest BCUT2D eigenvalue weighted by molar-refractivity contribution is -0.385. The van der Waals surface area contributed by atoms with Crippen LogP contribution in [0.25, 0.3) is 0 Å². The standard InChI is InChI=1S/C16H15I2NO4.C2H6/c1-9(2)12-8-11(4-5-15(12)22-3)23-16-13(17)6-10(19(20)21)7-14(16)18;1-2/h4-9H,1-3H3;1-2H3. The van der Waals surface area contributed by atoms with E-state index in [1.807, 2.05) is 77.2 Å². The quantitative estimate of drug-likeness (QED) is 0.227. The molecule has 136 valence electrons. The van der Waals surface area contributed by atoms with Crippen molar-refractivity contribution in [2.75, 3.05) is 7.11 Å². The molecule has 0 saturated heterocycles. The predicted octanol–water partition coefficient (Wildman–Crippen LogP) is 6.75. The van der Waals surface area contributed by atoms with Gasteiger partial charge in [-0.2, -0.15) is 0 Å². The zero-order valence-electron chi connectivity index (χ0n) is 14.8. The number of rotatable bonds is 5. The molecule has 2 rings (SSSR count). The molecule has 0 unspecified atom stereocenters. The molecule has 0 spiro atoms. The van der Waals surface area contributed by atoms with Crippen molar-refractivity contribution in [3.63, 3.8) is 0 Å². The van der Waals surface area contributed by atoms with E-state index in [1.54, 1.807) is 7.11 Å². The Labute approximate surface area is 175 Å². The van der Waals surface area contributed by atoms with Crippen LogP contribution in [0.4, 0.5) is 5.69 Å². The Hall–Kier alpha value is -1.10. The monoisotopic (exact) mass is 569 g/mol. The minimum atomic E-state index is -0.404. The topological polar surface area (TPSA) is 61.6 Å². The van der Waals surface area contributed by atoms with Crippen molar-refractivity contribution >= 4 is 50.9 Å². The zero-order valence-corrected chi connectivity index (χ0v) is 19.1. The molecule has 0 amide bonds. The Balaban J connectivity index is 0.00000151. The third-order valence-electron chi connectivity index (χ3n) is 3.24. The highest BCUT2D eigenvalue weighted by Crippen LogP contribution is 2.37. The number of non-ortho nitro benzene ring substituents is 1. The molecular weight excluding hydrogens is 548 g/mol. The lowest BCUT2D eigenvalue weighted by atomic mass is 10.0. The molecule has 0 bridgehead atoms. The second-order valence-electron chi connectivity index (χ2n) is 5.16. The number of nitrogens with zero attached hydrogens (tertiary/aromatic N) is 1. The lowest BCUT2D eigenvalue weighted by Gasteiger charge is -2.15. The first kappa shape index (κ1) is 21.9. The Morgan fingerprint density at radius 3 is 2.08 bits per heavy atom. The highest BCUT2D eigenvalue weighted by molar-refractivity contribution is 14.1. The maximum absolute atomic E-state index is 10.9. The first-order valence-corrected chi connectivity index (χ1v) is 9.98. The SMILES string of the molecule is CC.COc1ccc(Oc2c(I)cc([N+](=O)[O-])cc2I)cc1C(C)C. The average molecular weight is 569 g/mol. The summed E-state index contributed by atoms with van der Waals surface area (Å²) in [5, 5.41) is 10.9. The molecule has 0 radical (unpaired) electrons. The smallest absolute Gasteiger partial charge is 0.271 e. The molecule has 0 aliphatic carbocycles. The van der Waals surface area contributed by atoms with Crippen molar-refractivity contribution in [2.45, 2.75) is 33.6 Å². The summed E-state index contributed by atoms with van der Waals surface area (Å²) in [6.45, 7) is 8.17. The lowest BCUT2D eigenvalue weighted by Crippen LogP contribution is -1.98. The number of hydrogen-bond donors (Lipinski definition) is 0. The van der Waals surface area contributed by atoms with Gasteiger partial charge >= 0.3 is 0 Å². The number of halogens is 2. The summed E-state index contributed by atoms with van der Waals surface area (Å²) in [4.78, 5) is 10.5. The van der Waals surface area contributed by atoms with Gasteiger partial charge in [0.1, 0.15) is 11.5 Å². The number of ether oxygens (including phenoxy) is 2. The van der Waals surface area contributed by atoms with Crippen molar-refractivity contribution in [1.29, 1.82) is 0 Å². The molecule has 2 aromatic carbocycles. The third-order valence-corrected chi connectivity index (χ3v) is 4.84. The van der Waals surface area contributed by atoms with Crippen LogP contribution in [0.2, 0.25) is 0 Å². The number of nitro benzene ring substituents is 1. The molecule has 7 heteroatoms. The Morgan fingerprint density at radius 1 is 1.08 bits per heavy atom. The van der Waals surface area contributed by atoms with Crippen molar-refractivity contribution in [3.8, 4) is 17.2 Å².